The second-order valence-electron chi connectivity index (χ2n) is 8.20. The standard InChI is InChI=1S/C24H18FN7O2/c1-13-28-30-31-32(13)20-11-16(9-10-18(20)25)26-23(33)17-12-19(14-7-8-14)27-24-21(17)22(29-34-24)15-5-3-2-4-6-15/h2-6,9-12,14H,7-8H2,1H3,(H,26,33). The largest absolute Gasteiger partial charge is 0.335 e. The Labute approximate surface area is 192 Å². The number of nitrogens with zero attached hydrogens (tertiary/aromatic N) is 6. The van der Waals surface area contributed by atoms with E-state index in [-0.39, 0.29) is 11.6 Å². The van der Waals surface area contributed by atoms with Crippen molar-refractivity contribution in [3.05, 3.63) is 77.5 Å². The summed E-state index contributed by atoms with van der Waals surface area (Å²) in [5, 5.41) is 18.8. The van der Waals surface area contributed by atoms with E-state index in [1.54, 1.807) is 13.0 Å². The zero-order valence-electron chi connectivity index (χ0n) is 18.1. The first-order chi connectivity index (χ1) is 16.6. The molecular formula is C24H18FN7O2. The fourth-order valence-electron chi connectivity index (χ4n) is 3.94. The molecule has 10 heteroatoms. The van der Waals surface area contributed by atoms with Gasteiger partial charge in [0.15, 0.2) is 5.82 Å². The van der Waals surface area contributed by atoms with Crippen LogP contribution < -0.4 is 5.32 Å². The van der Waals surface area contributed by atoms with Crippen LogP contribution in [0.15, 0.2) is 59.1 Å². The summed E-state index contributed by atoms with van der Waals surface area (Å²) in [5.41, 5.74) is 3.40. The minimum Gasteiger partial charge on any atom is -0.335 e. The molecule has 0 spiro atoms. The Hall–Kier alpha value is -4.47. The van der Waals surface area contributed by atoms with E-state index in [2.05, 4.69) is 31.0 Å². The molecule has 0 unspecified atom stereocenters. The van der Waals surface area contributed by atoms with Crippen LogP contribution in [0.4, 0.5) is 10.1 Å². The molecule has 3 aromatic heterocycles. The first-order valence-electron chi connectivity index (χ1n) is 10.8. The van der Waals surface area contributed by atoms with Gasteiger partial charge in [0, 0.05) is 22.9 Å². The van der Waals surface area contributed by atoms with Crippen molar-refractivity contribution in [1.82, 2.24) is 30.3 Å². The van der Waals surface area contributed by atoms with E-state index in [4.69, 9.17) is 4.52 Å². The quantitative estimate of drug-likeness (QED) is 0.417. The molecule has 3 heterocycles. The summed E-state index contributed by atoms with van der Waals surface area (Å²) < 4.78 is 21.3. The van der Waals surface area contributed by atoms with Crippen molar-refractivity contribution in [2.45, 2.75) is 25.7 Å². The number of fused-ring (bicyclic) bond motifs is 1. The minimum atomic E-state index is -0.513. The fraction of sp³-hybridized carbons (Fsp3) is 0.167. The second kappa shape index (κ2) is 7.84. The summed E-state index contributed by atoms with van der Waals surface area (Å²) in [5.74, 6) is -0.160. The molecule has 34 heavy (non-hydrogen) atoms. The number of hydrogen-bond donors (Lipinski definition) is 1. The van der Waals surface area contributed by atoms with E-state index >= 15 is 0 Å². The van der Waals surface area contributed by atoms with E-state index in [0.29, 0.717) is 39.8 Å². The van der Waals surface area contributed by atoms with Gasteiger partial charge in [0.2, 0.25) is 0 Å². The van der Waals surface area contributed by atoms with Gasteiger partial charge in [0.25, 0.3) is 11.6 Å². The van der Waals surface area contributed by atoms with E-state index in [1.165, 1.54) is 22.9 Å². The molecule has 1 N–H and O–H groups in total. The number of hydrogen-bond acceptors (Lipinski definition) is 7. The summed E-state index contributed by atoms with van der Waals surface area (Å²) in [7, 11) is 0. The lowest BCUT2D eigenvalue weighted by Gasteiger charge is -2.10. The summed E-state index contributed by atoms with van der Waals surface area (Å²) in [4.78, 5) is 18.1. The zero-order chi connectivity index (χ0) is 23.2. The average Bonchev–Trinajstić information content (AvgIpc) is 3.48. The Morgan fingerprint density at radius 3 is 2.71 bits per heavy atom. The molecule has 0 radical (unpaired) electrons. The predicted octanol–water partition coefficient (Wildman–Crippen LogP) is 4.44. The van der Waals surface area contributed by atoms with Gasteiger partial charge in [-0.05, 0) is 54.5 Å². The lowest BCUT2D eigenvalue weighted by atomic mass is 10.0. The van der Waals surface area contributed by atoms with Gasteiger partial charge in [-0.3, -0.25) is 4.79 Å². The Morgan fingerprint density at radius 1 is 1.15 bits per heavy atom. The number of carbonyl (C=O) groups excluding carboxylic acids is 1. The van der Waals surface area contributed by atoms with Crippen molar-refractivity contribution in [3.8, 4) is 16.9 Å². The maximum absolute atomic E-state index is 14.5. The molecule has 1 saturated carbocycles. The normalized spacial score (nSPS) is 13.4. The van der Waals surface area contributed by atoms with Gasteiger partial charge in [-0.15, -0.1) is 5.10 Å². The van der Waals surface area contributed by atoms with E-state index in [1.807, 2.05) is 30.3 Å². The van der Waals surface area contributed by atoms with Crippen molar-refractivity contribution < 1.29 is 13.7 Å². The van der Waals surface area contributed by atoms with Gasteiger partial charge >= 0.3 is 0 Å². The number of rotatable bonds is 5. The van der Waals surface area contributed by atoms with Crippen LogP contribution in [-0.2, 0) is 0 Å². The van der Waals surface area contributed by atoms with Crippen molar-refractivity contribution >= 4 is 22.7 Å². The summed E-state index contributed by atoms with van der Waals surface area (Å²) in [6.45, 7) is 1.66. The number of halogens is 1. The van der Waals surface area contributed by atoms with Gasteiger partial charge in [0.1, 0.15) is 17.2 Å². The van der Waals surface area contributed by atoms with Crippen molar-refractivity contribution in [1.29, 1.82) is 0 Å². The minimum absolute atomic E-state index is 0.133. The number of aryl methyl sites for hydroxylation is 1. The number of tetrazole rings is 1. The second-order valence-corrected chi connectivity index (χ2v) is 8.20. The smallest absolute Gasteiger partial charge is 0.259 e. The summed E-state index contributed by atoms with van der Waals surface area (Å²) in [6.07, 6.45) is 2.04. The summed E-state index contributed by atoms with van der Waals surface area (Å²) >= 11 is 0. The Balaban J connectivity index is 1.43. The van der Waals surface area contributed by atoms with E-state index in [0.717, 1.165) is 24.1 Å². The van der Waals surface area contributed by atoms with Gasteiger partial charge in [0.05, 0.1) is 10.9 Å². The molecule has 0 saturated heterocycles. The van der Waals surface area contributed by atoms with Crippen LogP contribution in [0, 0.1) is 12.7 Å². The number of amides is 1. The van der Waals surface area contributed by atoms with Crippen LogP contribution in [0.5, 0.6) is 0 Å². The molecule has 1 fully saturated rings. The Morgan fingerprint density at radius 2 is 1.97 bits per heavy atom. The number of anilines is 1. The first-order valence-corrected chi connectivity index (χ1v) is 10.8. The monoisotopic (exact) mass is 455 g/mol. The molecule has 168 valence electrons. The molecule has 1 aliphatic rings. The zero-order valence-corrected chi connectivity index (χ0v) is 18.1. The van der Waals surface area contributed by atoms with Crippen molar-refractivity contribution in [3.63, 3.8) is 0 Å². The lowest BCUT2D eigenvalue weighted by Crippen LogP contribution is -2.14. The molecule has 1 aliphatic carbocycles. The number of benzene rings is 2. The van der Waals surface area contributed by atoms with Crippen molar-refractivity contribution in [2.24, 2.45) is 0 Å². The van der Waals surface area contributed by atoms with Gasteiger partial charge in [-0.25, -0.2) is 9.37 Å². The van der Waals surface area contributed by atoms with E-state index in [9.17, 15) is 9.18 Å². The number of carbonyl (C=O) groups is 1. The highest BCUT2D eigenvalue weighted by Crippen LogP contribution is 2.41. The molecule has 0 aliphatic heterocycles. The highest BCUT2D eigenvalue weighted by molar-refractivity contribution is 6.14. The van der Waals surface area contributed by atoms with E-state index < -0.39 is 5.82 Å². The number of pyridine rings is 1. The molecule has 0 bridgehead atoms. The fourth-order valence-corrected chi connectivity index (χ4v) is 3.94. The van der Waals surface area contributed by atoms with Crippen LogP contribution in [0.2, 0.25) is 0 Å². The third kappa shape index (κ3) is 3.49. The Bertz CT molecular complexity index is 1540. The van der Waals surface area contributed by atoms with Crippen LogP contribution in [0.1, 0.15) is 40.6 Å². The van der Waals surface area contributed by atoms with Crippen LogP contribution >= 0.6 is 0 Å². The highest BCUT2D eigenvalue weighted by atomic mass is 19.1. The maximum atomic E-state index is 14.5. The third-order valence-corrected chi connectivity index (χ3v) is 5.81. The topological polar surface area (TPSA) is 112 Å². The molecular weight excluding hydrogens is 437 g/mol. The van der Waals surface area contributed by atoms with Gasteiger partial charge in [-0.2, -0.15) is 4.68 Å². The molecule has 9 nitrogen and oxygen atoms in total. The third-order valence-electron chi connectivity index (χ3n) is 5.81. The lowest BCUT2D eigenvalue weighted by molar-refractivity contribution is 0.102. The molecule has 5 aromatic rings. The maximum Gasteiger partial charge on any atom is 0.259 e. The van der Waals surface area contributed by atoms with Gasteiger partial charge < -0.3 is 9.84 Å². The highest BCUT2D eigenvalue weighted by Gasteiger charge is 2.29. The summed E-state index contributed by atoms with van der Waals surface area (Å²) in [6, 6.07) is 15.5. The van der Waals surface area contributed by atoms with Crippen molar-refractivity contribution in [2.75, 3.05) is 5.32 Å². The first kappa shape index (κ1) is 20.2. The average molecular weight is 455 g/mol. The number of nitrogens with one attached hydrogen (secondary N) is 1. The predicted molar refractivity (Wildman–Crippen MR) is 121 cm³/mol. The number of aromatic nitrogens is 6. The molecule has 1 amide bonds. The van der Waals surface area contributed by atoms with Crippen LogP contribution in [0.3, 0.4) is 0 Å². The van der Waals surface area contributed by atoms with Crippen LogP contribution in [-0.4, -0.2) is 36.3 Å². The SMILES string of the molecule is Cc1nnnn1-c1cc(NC(=O)c2cc(C3CC3)nc3onc(-c4ccccc4)c23)ccc1F. The molecule has 2 aromatic carbocycles. The Kier molecular flexibility index (Phi) is 4.65. The van der Waals surface area contributed by atoms with Crippen LogP contribution in [0.25, 0.3) is 28.0 Å². The molecule has 6 rings (SSSR count). The van der Waals surface area contributed by atoms with Gasteiger partial charge in [-0.1, -0.05) is 35.5 Å². The molecule has 0 atom stereocenters.